The molecule has 2 rings (SSSR count). The van der Waals surface area contributed by atoms with Crippen LogP contribution in [0.15, 0.2) is 11.6 Å². The third-order valence-corrected chi connectivity index (χ3v) is 5.25. The summed E-state index contributed by atoms with van der Waals surface area (Å²) in [7, 11) is 4.45. The van der Waals surface area contributed by atoms with E-state index < -0.39 is 0 Å². The molecule has 0 aliphatic heterocycles. The van der Waals surface area contributed by atoms with Gasteiger partial charge in [0.25, 0.3) is 0 Å². The number of thiazole rings is 1. The maximum atomic E-state index is 4.39. The molecule has 0 spiro atoms. The van der Waals surface area contributed by atoms with E-state index in [-0.39, 0.29) is 0 Å². The van der Waals surface area contributed by atoms with Crippen LogP contribution in [0.3, 0.4) is 0 Å². The fourth-order valence-corrected chi connectivity index (χ4v) is 3.54. The highest BCUT2D eigenvalue weighted by Gasteiger charge is 2.34. The SMILES string of the molecule is CC(NCC1(N(C)C)CCCCC1)c1nccs1. The van der Waals surface area contributed by atoms with Gasteiger partial charge in [-0.15, -0.1) is 11.3 Å². The van der Waals surface area contributed by atoms with Gasteiger partial charge in [-0.2, -0.15) is 0 Å². The molecule has 3 nitrogen and oxygen atoms in total. The summed E-state index contributed by atoms with van der Waals surface area (Å²) in [6.45, 7) is 3.28. The number of nitrogens with one attached hydrogen (secondary N) is 1. The van der Waals surface area contributed by atoms with E-state index in [1.54, 1.807) is 11.3 Å². The third-order valence-electron chi connectivity index (χ3n) is 4.29. The Morgan fingerprint density at radius 2 is 2.11 bits per heavy atom. The highest BCUT2D eigenvalue weighted by molar-refractivity contribution is 7.09. The van der Waals surface area contributed by atoms with Gasteiger partial charge in [-0.1, -0.05) is 19.3 Å². The van der Waals surface area contributed by atoms with E-state index in [2.05, 4.69) is 41.6 Å². The average molecular weight is 267 g/mol. The molecule has 1 aliphatic carbocycles. The topological polar surface area (TPSA) is 28.2 Å². The number of nitrogens with zero attached hydrogens (tertiary/aromatic N) is 2. The van der Waals surface area contributed by atoms with Crippen LogP contribution in [0.5, 0.6) is 0 Å². The molecular formula is C14H25N3S. The quantitative estimate of drug-likeness (QED) is 0.888. The van der Waals surface area contributed by atoms with E-state index >= 15 is 0 Å². The fraction of sp³-hybridized carbons (Fsp3) is 0.786. The number of aromatic nitrogens is 1. The van der Waals surface area contributed by atoms with Gasteiger partial charge in [0.1, 0.15) is 5.01 Å². The molecule has 0 radical (unpaired) electrons. The van der Waals surface area contributed by atoms with Crippen LogP contribution in [-0.2, 0) is 0 Å². The first kappa shape index (κ1) is 14.0. The molecule has 1 N–H and O–H groups in total. The summed E-state index contributed by atoms with van der Waals surface area (Å²) in [6.07, 6.45) is 8.66. The molecule has 0 aromatic carbocycles. The van der Waals surface area contributed by atoms with Crippen molar-refractivity contribution >= 4 is 11.3 Å². The summed E-state index contributed by atoms with van der Waals surface area (Å²) in [5.74, 6) is 0. The molecule has 0 bridgehead atoms. The molecule has 1 saturated carbocycles. The van der Waals surface area contributed by atoms with E-state index in [1.807, 2.05) is 6.20 Å². The van der Waals surface area contributed by atoms with Crippen LogP contribution in [0.4, 0.5) is 0 Å². The lowest BCUT2D eigenvalue weighted by molar-refractivity contribution is 0.0958. The second-order valence-electron chi connectivity index (χ2n) is 5.65. The van der Waals surface area contributed by atoms with Crippen LogP contribution in [0.2, 0.25) is 0 Å². The van der Waals surface area contributed by atoms with Crippen LogP contribution < -0.4 is 5.32 Å². The summed E-state index contributed by atoms with van der Waals surface area (Å²) < 4.78 is 0. The Bertz CT molecular complexity index is 342. The summed E-state index contributed by atoms with van der Waals surface area (Å²) in [5, 5.41) is 6.93. The highest BCUT2D eigenvalue weighted by Crippen LogP contribution is 2.32. The summed E-state index contributed by atoms with van der Waals surface area (Å²) in [5.41, 5.74) is 0.351. The standard InChI is InChI=1S/C14H25N3S/c1-12(13-15-9-10-18-13)16-11-14(17(2)3)7-5-4-6-8-14/h9-10,12,16H,4-8,11H2,1-3H3. The van der Waals surface area contributed by atoms with Crippen molar-refractivity contribution in [3.8, 4) is 0 Å². The summed E-state index contributed by atoms with van der Waals surface area (Å²) >= 11 is 1.74. The predicted octanol–water partition coefficient (Wildman–Crippen LogP) is 3.06. The zero-order valence-electron chi connectivity index (χ0n) is 11.8. The summed E-state index contributed by atoms with van der Waals surface area (Å²) in [4.78, 5) is 6.81. The molecule has 1 aliphatic rings. The minimum absolute atomic E-state index is 0.351. The first-order chi connectivity index (χ1) is 8.64. The highest BCUT2D eigenvalue weighted by atomic mass is 32.1. The number of hydrogen-bond acceptors (Lipinski definition) is 4. The Morgan fingerprint density at radius 3 is 2.67 bits per heavy atom. The van der Waals surface area contributed by atoms with Gasteiger partial charge in [0.15, 0.2) is 0 Å². The second-order valence-corrected chi connectivity index (χ2v) is 6.58. The zero-order chi connectivity index (χ0) is 13.0. The number of rotatable bonds is 5. The van der Waals surface area contributed by atoms with Gasteiger partial charge in [-0.25, -0.2) is 4.98 Å². The van der Waals surface area contributed by atoms with Crippen LogP contribution in [0, 0.1) is 0 Å². The molecule has 4 heteroatoms. The second kappa shape index (κ2) is 6.13. The zero-order valence-corrected chi connectivity index (χ0v) is 12.6. The van der Waals surface area contributed by atoms with Crippen molar-refractivity contribution in [1.82, 2.24) is 15.2 Å². The molecule has 1 fully saturated rings. The van der Waals surface area contributed by atoms with Gasteiger partial charge in [0.05, 0.1) is 6.04 Å². The van der Waals surface area contributed by atoms with Gasteiger partial charge in [0, 0.05) is 23.7 Å². The molecule has 1 atom stereocenters. The third kappa shape index (κ3) is 3.11. The van der Waals surface area contributed by atoms with E-state index in [9.17, 15) is 0 Å². The van der Waals surface area contributed by atoms with Crippen molar-refractivity contribution in [3.05, 3.63) is 16.6 Å². The van der Waals surface area contributed by atoms with E-state index in [4.69, 9.17) is 0 Å². The predicted molar refractivity (Wildman–Crippen MR) is 78.0 cm³/mol. The van der Waals surface area contributed by atoms with Crippen molar-refractivity contribution in [1.29, 1.82) is 0 Å². The minimum Gasteiger partial charge on any atom is -0.306 e. The Balaban J connectivity index is 1.93. The molecule has 1 heterocycles. The van der Waals surface area contributed by atoms with Gasteiger partial charge in [-0.05, 0) is 33.9 Å². The molecule has 0 amide bonds. The maximum absolute atomic E-state index is 4.39. The first-order valence-electron chi connectivity index (χ1n) is 6.94. The van der Waals surface area contributed by atoms with E-state index in [1.165, 1.54) is 37.1 Å². The first-order valence-corrected chi connectivity index (χ1v) is 7.82. The minimum atomic E-state index is 0.351. The van der Waals surface area contributed by atoms with Crippen LogP contribution >= 0.6 is 11.3 Å². The van der Waals surface area contributed by atoms with E-state index in [0.717, 1.165) is 6.54 Å². The van der Waals surface area contributed by atoms with Gasteiger partial charge < -0.3 is 10.2 Å². The number of likely N-dealkylation sites (N-methyl/N-ethyl adjacent to an activating group) is 1. The molecule has 18 heavy (non-hydrogen) atoms. The lowest BCUT2D eigenvalue weighted by atomic mass is 9.80. The lowest BCUT2D eigenvalue weighted by Gasteiger charge is -2.43. The Morgan fingerprint density at radius 1 is 1.39 bits per heavy atom. The number of hydrogen-bond donors (Lipinski definition) is 1. The monoisotopic (exact) mass is 267 g/mol. The van der Waals surface area contributed by atoms with Gasteiger partial charge in [-0.3, -0.25) is 0 Å². The van der Waals surface area contributed by atoms with Gasteiger partial charge >= 0.3 is 0 Å². The van der Waals surface area contributed by atoms with Crippen molar-refractivity contribution in [2.75, 3.05) is 20.6 Å². The van der Waals surface area contributed by atoms with Crippen LogP contribution in [-0.4, -0.2) is 36.1 Å². The van der Waals surface area contributed by atoms with Crippen molar-refractivity contribution in [3.63, 3.8) is 0 Å². The smallest absolute Gasteiger partial charge is 0.109 e. The van der Waals surface area contributed by atoms with Crippen molar-refractivity contribution in [2.45, 2.75) is 50.6 Å². The van der Waals surface area contributed by atoms with Crippen molar-refractivity contribution in [2.24, 2.45) is 0 Å². The van der Waals surface area contributed by atoms with Crippen LogP contribution in [0.1, 0.15) is 50.1 Å². The summed E-state index contributed by atoms with van der Waals surface area (Å²) in [6, 6.07) is 0.365. The fourth-order valence-electron chi connectivity index (χ4n) is 2.87. The molecule has 0 saturated heterocycles. The lowest BCUT2D eigenvalue weighted by Crippen LogP contribution is -2.53. The maximum Gasteiger partial charge on any atom is 0.109 e. The molecule has 1 aromatic rings. The molecule has 102 valence electrons. The Kier molecular flexibility index (Phi) is 4.76. The van der Waals surface area contributed by atoms with Gasteiger partial charge in [0.2, 0.25) is 0 Å². The Labute approximate surface area is 115 Å². The largest absolute Gasteiger partial charge is 0.306 e. The molecule has 1 aromatic heterocycles. The Hall–Kier alpha value is -0.450. The van der Waals surface area contributed by atoms with Crippen LogP contribution in [0.25, 0.3) is 0 Å². The molecule has 1 unspecified atom stereocenters. The normalized spacial score (nSPS) is 21.1. The van der Waals surface area contributed by atoms with Crippen molar-refractivity contribution < 1.29 is 0 Å². The average Bonchev–Trinajstić information content (AvgIpc) is 2.91. The molecular weight excluding hydrogens is 242 g/mol. The van der Waals surface area contributed by atoms with E-state index in [0.29, 0.717) is 11.6 Å².